The summed E-state index contributed by atoms with van der Waals surface area (Å²) in [5.41, 5.74) is 0. The van der Waals surface area contributed by atoms with Crippen LogP contribution >= 0.6 is 7.82 Å². The van der Waals surface area contributed by atoms with Gasteiger partial charge in [-0.15, -0.1) is 0 Å². The first-order chi connectivity index (χ1) is 32.0. The summed E-state index contributed by atoms with van der Waals surface area (Å²) < 4.78 is 23.7. The number of nitrogens with zero attached hydrogens (tertiary/aromatic N) is 1. The van der Waals surface area contributed by atoms with Crippen molar-refractivity contribution in [2.24, 2.45) is 0 Å². The molecule has 0 aliphatic rings. The van der Waals surface area contributed by atoms with Gasteiger partial charge >= 0.3 is 7.82 Å². The molecule has 0 aliphatic heterocycles. The van der Waals surface area contributed by atoms with Gasteiger partial charge in [-0.2, -0.15) is 0 Å². The molecule has 0 fully saturated rings. The Morgan fingerprint density at radius 3 is 1.21 bits per heavy atom. The Kier molecular flexibility index (Phi) is 48.7. The smallest absolute Gasteiger partial charge is 0.391 e. The summed E-state index contributed by atoms with van der Waals surface area (Å²) in [4.78, 5) is 23.2. The standard InChI is InChI=1S/C57H115N2O6P/c1-6-8-10-12-14-16-18-19-20-21-22-23-24-25-26-27-28-29-30-31-32-33-34-35-36-37-38-39-41-42-44-46-48-50-56(60)55(54-65-66(62,63)64-53-52-59(3,4)5)58-57(61)51-49-47-45-43-40-17-15-13-11-9-7-2/h13,15,55-56,60H,6-12,14,16-54H2,1-5H3,(H-,58,61,62,63)/p+1/b15-13-. The molecule has 9 heteroatoms. The summed E-state index contributed by atoms with van der Waals surface area (Å²) in [5.74, 6) is -0.151. The Labute approximate surface area is 412 Å². The van der Waals surface area contributed by atoms with Gasteiger partial charge in [0.1, 0.15) is 13.2 Å². The summed E-state index contributed by atoms with van der Waals surface area (Å²) in [7, 11) is 1.62. The molecule has 1 amide bonds. The van der Waals surface area contributed by atoms with E-state index in [1.165, 1.54) is 218 Å². The molecule has 66 heavy (non-hydrogen) atoms. The van der Waals surface area contributed by atoms with Crippen molar-refractivity contribution in [2.45, 2.75) is 309 Å². The third-order valence-electron chi connectivity index (χ3n) is 13.5. The summed E-state index contributed by atoms with van der Waals surface area (Å²) in [6.45, 7) is 4.87. The van der Waals surface area contributed by atoms with E-state index in [1.54, 1.807) is 0 Å². The second kappa shape index (κ2) is 49.2. The summed E-state index contributed by atoms with van der Waals surface area (Å²) in [5, 5.41) is 14.0. The van der Waals surface area contributed by atoms with E-state index in [0.717, 1.165) is 51.4 Å². The van der Waals surface area contributed by atoms with Crippen molar-refractivity contribution in [1.29, 1.82) is 0 Å². The first-order valence-corrected chi connectivity index (χ1v) is 30.5. The molecule has 3 N–H and O–H groups in total. The quantitative estimate of drug-likeness (QED) is 0.0243. The molecule has 0 heterocycles. The maximum Gasteiger partial charge on any atom is 0.472 e. The number of phosphoric acid groups is 1. The Balaban J connectivity index is 3.92. The van der Waals surface area contributed by atoms with Gasteiger partial charge in [0.2, 0.25) is 5.91 Å². The van der Waals surface area contributed by atoms with Gasteiger partial charge in [-0.1, -0.05) is 270 Å². The number of amides is 1. The largest absolute Gasteiger partial charge is 0.472 e. The predicted octanol–water partition coefficient (Wildman–Crippen LogP) is 17.4. The number of aliphatic hydroxyl groups is 1. The molecule has 394 valence electrons. The van der Waals surface area contributed by atoms with Crippen LogP contribution in [0.3, 0.4) is 0 Å². The van der Waals surface area contributed by atoms with E-state index in [4.69, 9.17) is 9.05 Å². The van der Waals surface area contributed by atoms with Crippen LogP contribution in [0.1, 0.15) is 296 Å². The number of likely N-dealkylation sites (N-methyl/N-ethyl adjacent to an activating group) is 1. The van der Waals surface area contributed by atoms with Crippen LogP contribution in [-0.2, 0) is 18.4 Å². The van der Waals surface area contributed by atoms with Gasteiger partial charge in [0, 0.05) is 6.42 Å². The van der Waals surface area contributed by atoms with Crippen LogP contribution in [0.2, 0.25) is 0 Å². The topological polar surface area (TPSA) is 105 Å². The van der Waals surface area contributed by atoms with Gasteiger partial charge < -0.3 is 19.8 Å². The van der Waals surface area contributed by atoms with Crippen LogP contribution in [0.25, 0.3) is 0 Å². The minimum absolute atomic E-state index is 0.0751. The highest BCUT2D eigenvalue weighted by atomic mass is 31.2. The average Bonchev–Trinajstić information content (AvgIpc) is 3.28. The third-order valence-corrected chi connectivity index (χ3v) is 14.5. The Bertz CT molecular complexity index is 1080. The molecule has 0 radical (unpaired) electrons. The highest BCUT2D eigenvalue weighted by molar-refractivity contribution is 7.47. The van der Waals surface area contributed by atoms with Crippen LogP contribution in [0.5, 0.6) is 0 Å². The highest BCUT2D eigenvalue weighted by Crippen LogP contribution is 2.43. The number of hydrogen-bond donors (Lipinski definition) is 3. The maximum atomic E-state index is 12.9. The van der Waals surface area contributed by atoms with Gasteiger partial charge in [-0.05, 0) is 32.1 Å². The van der Waals surface area contributed by atoms with Gasteiger partial charge in [-0.3, -0.25) is 13.8 Å². The van der Waals surface area contributed by atoms with E-state index in [0.29, 0.717) is 23.9 Å². The van der Waals surface area contributed by atoms with E-state index >= 15 is 0 Å². The molecule has 8 nitrogen and oxygen atoms in total. The minimum Gasteiger partial charge on any atom is -0.391 e. The van der Waals surface area contributed by atoms with Gasteiger partial charge in [0.15, 0.2) is 0 Å². The Hall–Kier alpha value is -0.760. The van der Waals surface area contributed by atoms with E-state index in [-0.39, 0.29) is 19.1 Å². The lowest BCUT2D eigenvalue weighted by molar-refractivity contribution is -0.870. The van der Waals surface area contributed by atoms with Crippen LogP contribution in [0.15, 0.2) is 12.2 Å². The summed E-state index contributed by atoms with van der Waals surface area (Å²) >= 11 is 0. The lowest BCUT2D eigenvalue weighted by Gasteiger charge is -2.26. The predicted molar refractivity (Wildman–Crippen MR) is 286 cm³/mol. The number of carbonyl (C=O) groups is 1. The molecule has 0 saturated heterocycles. The molecule has 3 unspecified atom stereocenters. The second-order valence-corrected chi connectivity index (χ2v) is 22.8. The zero-order valence-electron chi connectivity index (χ0n) is 45.0. The zero-order chi connectivity index (χ0) is 48.5. The van der Waals surface area contributed by atoms with Crippen LogP contribution in [0, 0.1) is 0 Å². The molecular weight excluding hydrogens is 840 g/mol. The molecular formula is C57H116N2O6P+. The van der Waals surface area contributed by atoms with Crippen LogP contribution in [0.4, 0.5) is 0 Å². The lowest BCUT2D eigenvalue weighted by Crippen LogP contribution is -2.46. The number of phosphoric ester groups is 1. The summed E-state index contributed by atoms with van der Waals surface area (Å²) in [6, 6.07) is -0.761. The monoisotopic (exact) mass is 956 g/mol. The van der Waals surface area contributed by atoms with Crippen molar-refractivity contribution in [2.75, 3.05) is 40.9 Å². The van der Waals surface area contributed by atoms with Crippen LogP contribution < -0.4 is 5.32 Å². The van der Waals surface area contributed by atoms with Gasteiger partial charge in [-0.25, -0.2) is 4.57 Å². The molecule has 0 saturated carbocycles. The molecule has 0 aromatic carbocycles. The van der Waals surface area contributed by atoms with Crippen LogP contribution in [-0.4, -0.2) is 73.4 Å². The number of nitrogens with one attached hydrogen (secondary N) is 1. The van der Waals surface area contributed by atoms with E-state index in [2.05, 4.69) is 31.3 Å². The van der Waals surface area contributed by atoms with E-state index < -0.39 is 20.0 Å². The fourth-order valence-corrected chi connectivity index (χ4v) is 9.65. The SMILES string of the molecule is CCCC/C=C\CCCCCCCC(=O)NC(COP(=O)(O)OCC[N+](C)(C)C)C(O)CCCCCCCCCCCCCCCCCCCCCCCCCCCCCCCCCCC. The average molecular weight is 957 g/mol. The van der Waals surface area contributed by atoms with E-state index in [9.17, 15) is 19.4 Å². The van der Waals surface area contributed by atoms with Crippen molar-refractivity contribution in [3.8, 4) is 0 Å². The highest BCUT2D eigenvalue weighted by Gasteiger charge is 2.28. The maximum absolute atomic E-state index is 12.9. The number of aliphatic hydroxyl groups excluding tert-OH is 1. The van der Waals surface area contributed by atoms with Crippen molar-refractivity contribution < 1.29 is 32.9 Å². The number of carbonyl (C=O) groups excluding carboxylic acids is 1. The minimum atomic E-state index is -4.32. The normalized spacial score (nSPS) is 14.0. The molecule has 0 aliphatic carbocycles. The first kappa shape index (κ1) is 65.2. The Morgan fingerprint density at radius 2 is 0.833 bits per heavy atom. The number of quaternary nitrogens is 1. The number of unbranched alkanes of at least 4 members (excludes halogenated alkanes) is 39. The molecule has 3 atom stereocenters. The van der Waals surface area contributed by atoms with Gasteiger partial charge in [0.25, 0.3) is 0 Å². The van der Waals surface area contributed by atoms with Crippen molar-refractivity contribution in [1.82, 2.24) is 5.32 Å². The van der Waals surface area contributed by atoms with Crippen molar-refractivity contribution in [3.05, 3.63) is 12.2 Å². The van der Waals surface area contributed by atoms with Gasteiger partial charge in [0.05, 0.1) is 39.9 Å². The molecule has 0 aromatic rings. The number of hydrogen-bond acceptors (Lipinski definition) is 5. The third kappa shape index (κ3) is 51.1. The molecule has 0 rings (SSSR count). The molecule has 0 bridgehead atoms. The number of rotatable bonds is 54. The van der Waals surface area contributed by atoms with E-state index in [1.807, 2.05) is 21.1 Å². The lowest BCUT2D eigenvalue weighted by atomic mass is 10.0. The van der Waals surface area contributed by atoms with Crippen molar-refractivity contribution >= 4 is 13.7 Å². The molecule has 0 spiro atoms. The van der Waals surface area contributed by atoms with Crippen molar-refractivity contribution in [3.63, 3.8) is 0 Å². The fraction of sp³-hybridized carbons (Fsp3) is 0.947. The Morgan fingerprint density at radius 1 is 0.500 bits per heavy atom. The molecule has 0 aromatic heterocycles. The first-order valence-electron chi connectivity index (χ1n) is 29.1. The summed E-state index contributed by atoms with van der Waals surface area (Å²) in [6.07, 6.45) is 60.1. The number of allylic oxidation sites excluding steroid dienone is 2. The fourth-order valence-electron chi connectivity index (χ4n) is 8.91. The zero-order valence-corrected chi connectivity index (χ0v) is 45.9. The second-order valence-electron chi connectivity index (χ2n) is 21.4.